The van der Waals surface area contributed by atoms with Crippen LogP contribution in [0, 0.1) is 5.82 Å². The smallest absolute Gasteiger partial charge is 0.357 e. The van der Waals surface area contributed by atoms with Gasteiger partial charge in [-0.15, -0.1) is 0 Å². The minimum Gasteiger partial charge on any atom is -0.497 e. The first-order valence-corrected chi connectivity index (χ1v) is 9.58. The fraction of sp³-hybridized carbons (Fsp3) is 0.182. The molecular formula is C22H20ClFN2O4. The number of rotatable bonds is 7. The van der Waals surface area contributed by atoms with Crippen molar-refractivity contribution in [1.29, 1.82) is 0 Å². The maximum Gasteiger partial charge on any atom is 0.357 e. The van der Waals surface area contributed by atoms with Gasteiger partial charge in [0.05, 0.1) is 25.8 Å². The quantitative estimate of drug-likeness (QED) is 0.554. The SMILES string of the molecule is CCOC(=O)c1c(NC(=O)Cc2ccccc2F)cc(Cl)n1-c1ccc(OC)cc1. The Hall–Kier alpha value is -3.32. The number of hydrogen-bond acceptors (Lipinski definition) is 4. The van der Waals surface area contributed by atoms with Crippen LogP contribution in [-0.2, 0) is 16.0 Å². The molecule has 8 heteroatoms. The fourth-order valence-corrected chi connectivity index (χ4v) is 3.26. The summed E-state index contributed by atoms with van der Waals surface area (Å²) in [6, 6.07) is 14.3. The zero-order chi connectivity index (χ0) is 21.7. The highest BCUT2D eigenvalue weighted by Crippen LogP contribution is 2.31. The molecule has 156 valence electrons. The van der Waals surface area contributed by atoms with E-state index in [0.717, 1.165) is 0 Å². The second-order valence-electron chi connectivity index (χ2n) is 6.30. The summed E-state index contributed by atoms with van der Waals surface area (Å²) < 4.78 is 25.6. The van der Waals surface area contributed by atoms with Crippen molar-refractivity contribution >= 4 is 29.2 Å². The lowest BCUT2D eigenvalue weighted by Gasteiger charge is -2.13. The van der Waals surface area contributed by atoms with Crippen molar-refractivity contribution in [2.75, 3.05) is 19.0 Å². The third-order valence-corrected chi connectivity index (χ3v) is 4.62. The Morgan fingerprint density at radius 1 is 1.13 bits per heavy atom. The van der Waals surface area contributed by atoms with Crippen LogP contribution in [0.2, 0.25) is 5.15 Å². The lowest BCUT2D eigenvalue weighted by molar-refractivity contribution is -0.115. The van der Waals surface area contributed by atoms with E-state index >= 15 is 0 Å². The van der Waals surface area contributed by atoms with Gasteiger partial charge in [-0.05, 0) is 48.9 Å². The van der Waals surface area contributed by atoms with Crippen LogP contribution in [0.15, 0.2) is 54.6 Å². The number of anilines is 1. The Morgan fingerprint density at radius 2 is 1.83 bits per heavy atom. The zero-order valence-corrected chi connectivity index (χ0v) is 17.2. The summed E-state index contributed by atoms with van der Waals surface area (Å²) >= 11 is 6.38. The number of halogens is 2. The molecule has 0 bridgehead atoms. The molecule has 0 aliphatic carbocycles. The lowest BCUT2D eigenvalue weighted by Crippen LogP contribution is -2.19. The van der Waals surface area contributed by atoms with E-state index < -0.39 is 17.7 Å². The predicted octanol–water partition coefficient (Wildman–Crippen LogP) is 4.64. The van der Waals surface area contributed by atoms with Gasteiger partial charge in [0.2, 0.25) is 5.91 Å². The molecule has 1 amide bonds. The Kier molecular flexibility index (Phi) is 6.74. The van der Waals surface area contributed by atoms with E-state index in [4.69, 9.17) is 21.1 Å². The van der Waals surface area contributed by atoms with Crippen LogP contribution in [0.5, 0.6) is 5.75 Å². The molecule has 30 heavy (non-hydrogen) atoms. The summed E-state index contributed by atoms with van der Waals surface area (Å²) in [4.78, 5) is 25.2. The second kappa shape index (κ2) is 9.45. The summed E-state index contributed by atoms with van der Waals surface area (Å²) in [6.07, 6.45) is -0.194. The number of carbonyl (C=O) groups is 2. The van der Waals surface area contributed by atoms with Crippen molar-refractivity contribution in [2.45, 2.75) is 13.3 Å². The molecule has 0 atom stereocenters. The third-order valence-electron chi connectivity index (χ3n) is 4.34. The molecule has 1 heterocycles. The van der Waals surface area contributed by atoms with Crippen molar-refractivity contribution in [3.8, 4) is 11.4 Å². The molecule has 1 N–H and O–H groups in total. The summed E-state index contributed by atoms with van der Waals surface area (Å²) in [6.45, 7) is 1.82. The molecule has 1 aromatic heterocycles. The van der Waals surface area contributed by atoms with Crippen LogP contribution in [0.3, 0.4) is 0 Å². The first-order chi connectivity index (χ1) is 14.4. The molecule has 2 aromatic carbocycles. The van der Waals surface area contributed by atoms with Crippen LogP contribution >= 0.6 is 11.6 Å². The summed E-state index contributed by atoms with van der Waals surface area (Å²) in [5.74, 6) is -0.985. The summed E-state index contributed by atoms with van der Waals surface area (Å²) in [5, 5.41) is 2.84. The first kappa shape index (κ1) is 21.4. The van der Waals surface area contributed by atoms with Crippen LogP contribution in [0.1, 0.15) is 23.0 Å². The molecule has 6 nitrogen and oxygen atoms in total. The maximum absolute atomic E-state index is 13.9. The standard InChI is InChI=1S/C22H20ClFN2O4/c1-3-30-22(28)21-18(25-20(27)12-14-6-4-5-7-17(14)24)13-19(23)26(21)15-8-10-16(29-2)11-9-15/h4-11,13H,3,12H2,1-2H3,(H,25,27). The second-order valence-corrected chi connectivity index (χ2v) is 6.69. The van der Waals surface area contributed by atoms with Crippen molar-refractivity contribution in [1.82, 2.24) is 4.57 Å². The highest BCUT2D eigenvalue weighted by molar-refractivity contribution is 6.31. The molecule has 0 saturated carbocycles. The minimum absolute atomic E-state index is 0.0638. The van der Waals surface area contributed by atoms with E-state index in [-0.39, 0.29) is 35.1 Å². The highest BCUT2D eigenvalue weighted by atomic mass is 35.5. The molecule has 0 aliphatic rings. The van der Waals surface area contributed by atoms with Gasteiger partial charge in [-0.25, -0.2) is 9.18 Å². The van der Waals surface area contributed by atoms with E-state index in [1.807, 2.05) is 0 Å². The van der Waals surface area contributed by atoms with Crippen molar-refractivity contribution in [3.63, 3.8) is 0 Å². The Balaban J connectivity index is 1.96. The van der Waals surface area contributed by atoms with E-state index in [0.29, 0.717) is 11.4 Å². The molecule has 0 saturated heterocycles. The molecule has 3 rings (SSSR count). The van der Waals surface area contributed by atoms with E-state index in [1.165, 1.54) is 22.8 Å². The topological polar surface area (TPSA) is 69.6 Å². The van der Waals surface area contributed by atoms with Crippen molar-refractivity contribution in [2.24, 2.45) is 0 Å². The minimum atomic E-state index is -0.651. The van der Waals surface area contributed by atoms with Crippen LogP contribution < -0.4 is 10.1 Å². The first-order valence-electron chi connectivity index (χ1n) is 9.20. The monoisotopic (exact) mass is 430 g/mol. The van der Waals surface area contributed by atoms with Gasteiger partial charge >= 0.3 is 5.97 Å². The number of esters is 1. The number of carbonyl (C=O) groups excluding carboxylic acids is 2. The molecular weight excluding hydrogens is 411 g/mol. The fourth-order valence-electron chi connectivity index (χ4n) is 2.97. The van der Waals surface area contributed by atoms with E-state index in [1.54, 1.807) is 50.4 Å². The average Bonchev–Trinajstić information content (AvgIpc) is 3.05. The van der Waals surface area contributed by atoms with Crippen molar-refractivity contribution < 1.29 is 23.5 Å². The molecule has 0 fully saturated rings. The largest absolute Gasteiger partial charge is 0.497 e. The molecule has 3 aromatic rings. The van der Waals surface area contributed by atoms with E-state index in [2.05, 4.69) is 5.32 Å². The number of benzene rings is 2. The third kappa shape index (κ3) is 4.63. The Morgan fingerprint density at radius 3 is 2.47 bits per heavy atom. The predicted molar refractivity (Wildman–Crippen MR) is 112 cm³/mol. The number of nitrogens with zero attached hydrogens (tertiary/aromatic N) is 1. The van der Waals surface area contributed by atoms with Crippen LogP contribution in [0.25, 0.3) is 5.69 Å². The van der Waals surface area contributed by atoms with Gasteiger partial charge < -0.3 is 14.8 Å². The molecule has 0 unspecified atom stereocenters. The molecule has 0 spiro atoms. The number of hydrogen-bond donors (Lipinski definition) is 1. The van der Waals surface area contributed by atoms with Crippen molar-refractivity contribution in [3.05, 3.63) is 76.8 Å². The number of ether oxygens (including phenoxy) is 2. The number of methoxy groups -OCH3 is 1. The van der Waals surface area contributed by atoms with Gasteiger partial charge in [0.15, 0.2) is 5.69 Å². The lowest BCUT2D eigenvalue weighted by atomic mass is 10.1. The number of amides is 1. The highest BCUT2D eigenvalue weighted by Gasteiger charge is 2.24. The summed E-state index contributed by atoms with van der Waals surface area (Å²) in [7, 11) is 1.55. The Labute approximate surface area is 178 Å². The summed E-state index contributed by atoms with van der Waals surface area (Å²) in [5.41, 5.74) is 1.07. The van der Waals surface area contributed by atoms with Gasteiger partial charge in [-0.2, -0.15) is 0 Å². The van der Waals surface area contributed by atoms with Gasteiger partial charge in [0, 0.05) is 5.69 Å². The van der Waals surface area contributed by atoms with Gasteiger partial charge in [0.25, 0.3) is 0 Å². The Bertz CT molecular complexity index is 1060. The maximum atomic E-state index is 13.9. The number of nitrogens with one attached hydrogen (secondary N) is 1. The molecule has 0 aliphatic heterocycles. The normalized spacial score (nSPS) is 10.5. The van der Waals surface area contributed by atoms with Crippen LogP contribution in [0.4, 0.5) is 10.1 Å². The van der Waals surface area contributed by atoms with Gasteiger partial charge in [-0.3, -0.25) is 9.36 Å². The number of aromatic nitrogens is 1. The van der Waals surface area contributed by atoms with Gasteiger partial charge in [-0.1, -0.05) is 29.8 Å². The van der Waals surface area contributed by atoms with Gasteiger partial charge in [0.1, 0.15) is 16.7 Å². The van der Waals surface area contributed by atoms with Crippen LogP contribution in [-0.4, -0.2) is 30.2 Å². The zero-order valence-electron chi connectivity index (χ0n) is 16.4. The molecule has 0 radical (unpaired) electrons. The van der Waals surface area contributed by atoms with E-state index in [9.17, 15) is 14.0 Å². The average molecular weight is 431 g/mol.